The number of nitrogens with two attached hydrogens (primary N) is 1. The summed E-state index contributed by atoms with van der Waals surface area (Å²) in [6, 6.07) is 17.8. The Hall–Kier alpha value is -3.54. The lowest BCUT2D eigenvalue weighted by atomic mass is 9.86. The predicted molar refractivity (Wildman–Crippen MR) is 113 cm³/mol. The molecule has 4 N–H and O–H groups in total. The minimum absolute atomic E-state index is 0.0918. The van der Waals surface area contributed by atoms with Crippen LogP contribution in [0, 0.1) is 0 Å². The van der Waals surface area contributed by atoms with Crippen molar-refractivity contribution in [3.8, 4) is 11.6 Å². The number of nitrogen functional groups attached to an aromatic ring is 1. The van der Waals surface area contributed by atoms with Gasteiger partial charge in [0.2, 0.25) is 5.88 Å². The molecule has 0 aliphatic heterocycles. The second kappa shape index (κ2) is 8.00. The van der Waals surface area contributed by atoms with Crippen molar-refractivity contribution in [2.24, 2.45) is 0 Å². The van der Waals surface area contributed by atoms with Crippen LogP contribution in [0.3, 0.4) is 0 Å². The standard InChI is InChI=1S/C22H24N4O2/c1-22(2,3)17-7-4-5-9-19(17)28-20-18(8-6-14-24-20)26-21(27)25-16-12-10-15(23)11-13-16/h4-14H,23H2,1-3H3,(H2,25,26,27). The molecule has 0 unspecified atom stereocenters. The maximum Gasteiger partial charge on any atom is 0.323 e. The first-order valence-electron chi connectivity index (χ1n) is 8.99. The van der Waals surface area contributed by atoms with E-state index in [1.165, 1.54) is 0 Å². The van der Waals surface area contributed by atoms with Crippen LogP contribution in [0.1, 0.15) is 26.3 Å². The van der Waals surface area contributed by atoms with Gasteiger partial charge in [0.15, 0.2) is 0 Å². The number of pyridine rings is 1. The molecule has 0 radical (unpaired) electrons. The molecule has 0 atom stereocenters. The van der Waals surface area contributed by atoms with E-state index < -0.39 is 6.03 Å². The number of para-hydroxylation sites is 1. The summed E-state index contributed by atoms with van der Waals surface area (Å²) >= 11 is 0. The highest BCUT2D eigenvalue weighted by atomic mass is 16.5. The lowest BCUT2D eigenvalue weighted by molar-refractivity contribution is 0.262. The topological polar surface area (TPSA) is 89.3 Å². The lowest BCUT2D eigenvalue weighted by Gasteiger charge is -2.22. The summed E-state index contributed by atoms with van der Waals surface area (Å²) in [7, 11) is 0. The number of benzene rings is 2. The van der Waals surface area contributed by atoms with Crippen molar-refractivity contribution in [2.75, 3.05) is 16.4 Å². The first-order valence-corrected chi connectivity index (χ1v) is 8.99. The molecule has 0 bridgehead atoms. The largest absolute Gasteiger partial charge is 0.437 e. The molecule has 3 rings (SSSR count). The zero-order valence-electron chi connectivity index (χ0n) is 16.2. The molecule has 0 spiro atoms. The Bertz CT molecular complexity index is 963. The summed E-state index contributed by atoms with van der Waals surface area (Å²) < 4.78 is 6.06. The highest BCUT2D eigenvalue weighted by Gasteiger charge is 2.20. The van der Waals surface area contributed by atoms with Crippen LogP contribution in [-0.2, 0) is 5.41 Å². The van der Waals surface area contributed by atoms with Crippen molar-refractivity contribution in [2.45, 2.75) is 26.2 Å². The number of nitrogens with zero attached hydrogens (tertiary/aromatic N) is 1. The number of aromatic nitrogens is 1. The molecule has 6 nitrogen and oxygen atoms in total. The van der Waals surface area contributed by atoms with E-state index in [1.54, 1.807) is 42.6 Å². The van der Waals surface area contributed by atoms with Crippen molar-refractivity contribution >= 4 is 23.1 Å². The number of urea groups is 1. The number of anilines is 3. The fourth-order valence-electron chi connectivity index (χ4n) is 2.70. The third kappa shape index (κ3) is 4.79. The molecule has 0 fully saturated rings. The van der Waals surface area contributed by atoms with E-state index in [-0.39, 0.29) is 5.41 Å². The second-order valence-corrected chi connectivity index (χ2v) is 7.41. The van der Waals surface area contributed by atoms with Crippen LogP contribution in [0.5, 0.6) is 11.6 Å². The molecule has 0 aliphatic rings. The number of hydrogen-bond acceptors (Lipinski definition) is 4. The molecule has 0 saturated carbocycles. The second-order valence-electron chi connectivity index (χ2n) is 7.41. The van der Waals surface area contributed by atoms with E-state index in [2.05, 4.69) is 36.4 Å². The summed E-state index contributed by atoms with van der Waals surface area (Å²) in [6.07, 6.45) is 1.62. The Morgan fingerprint density at radius 1 is 0.964 bits per heavy atom. The highest BCUT2D eigenvalue weighted by Crippen LogP contribution is 2.35. The minimum atomic E-state index is -0.397. The van der Waals surface area contributed by atoms with Crippen LogP contribution in [0.15, 0.2) is 66.9 Å². The van der Waals surface area contributed by atoms with E-state index >= 15 is 0 Å². The summed E-state index contributed by atoms with van der Waals surface area (Å²) in [5.74, 6) is 1.03. The lowest BCUT2D eigenvalue weighted by Crippen LogP contribution is -2.20. The number of hydrogen-bond donors (Lipinski definition) is 3. The monoisotopic (exact) mass is 376 g/mol. The number of ether oxygens (including phenoxy) is 1. The molecular formula is C22H24N4O2. The highest BCUT2D eigenvalue weighted by molar-refractivity contribution is 6.00. The van der Waals surface area contributed by atoms with Gasteiger partial charge in [0, 0.05) is 23.1 Å². The number of carbonyl (C=O) groups is 1. The number of carbonyl (C=O) groups excluding carboxylic acids is 1. The van der Waals surface area contributed by atoms with Gasteiger partial charge in [-0.25, -0.2) is 9.78 Å². The van der Waals surface area contributed by atoms with Gasteiger partial charge >= 0.3 is 6.03 Å². The Kier molecular flexibility index (Phi) is 5.49. The normalized spacial score (nSPS) is 11.0. The van der Waals surface area contributed by atoms with Crippen LogP contribution >= 0.6 is 0 Å². The Labute approximate surface area is 164 Å². The molecule has 6 heteroatoms. The van der Waals surface area contributed by atoms with Gasteiger partial charge in [-0.3, -0.25) is 0 Å². The molecule has 144 valence electrons. The van der Waals surface area contributed by atoms with Crippen molar-refractivity contribution in [1.29, 1.82) is 0 Å². The van der Waals surface area contributed by atoms with Gasteiger partial charge < -0.3 is 21.1 Å². The third-order valence-electron chi connectivity index (χ3n) is 4.09. The van der Waals surface area contributed by atoms with Crippen LogP contribution in [0.2, 0.25) is 0 Å². The van der Waals surface area contributed by atoms with Crippen molar-refractivity contribution in [1.82, 2.24) is 4.98 Å². The zero-order chi connectivity index (χ0) is 20.1. The molecular weight excluding hydrogens is 352 g/mol. The van der Waals surface area contributed by atoms with Crippen molar-refractivity contribution in [3.63, 3.8) is 0 Å². The Morgan fingerprint density at radius 3 is 2.39 bits per heavy atom. The molecule has 3 aromatic rings. The molecule has 2 amide bonds. The van der Waals surface area contributed by atoms with Gasteiger partial charge in [0.1, 0.15) is 11.4 Å². The van der Waals surface area contributed by atoms with Gasteiger partial charge in [-0.2, -0.15) is 0 Å². The van der Waals surface area contributed by atoms with E-state index in [0.717, 1.165) is 5.56 Å². The van der Waals surface area contributed by atoms with Crippen molar-refractivity contribution in [3.05, 3.63) is 72.4 Å². The number of nitrogens with one attached hydrogen (secondary N) is 2. The Balaban J connectivity index is 1.79. The van der Waals surface area contributed by atoms with E-state index in [1.807, 2.05) is 24.3 Å². The molecule has 2 aromatic carbocycles. The van der Waals surface area contributed by atoms with Gasteiger partial charge in [-0.1, -0.05) is 39.0 Å². The summed E-state index contributed by atoms with van der Waals surface area (Å²) in [5.41, 5.74) is 8.36. The van der Waals surface area contributed by atoms with Crippen LogP contribution in [0.25, 0.3) is 0 Å². The van der Waals surface area contributed by atoms with Crippen LogP contribution < -0.4 is 21.1 Å². The van der Waals surface area contributed by atoms with Crippen LogP contribution in [-0.4, -0.2) is 11.0 Å². The average molecular weight is 376 g/mol. The predicted octanol–water partition coefficient (Wildman–Crippen LogP) is 5.40. The van der Waals surface area contributed by atoms with E-state index in [0.29, 0.717) is 28.7 Å². The molecule has 0 aliphatic carbocycles. The first kappa shape index (κ1) is 19.2. The number of amides is 2. The average Bonchev–Trinajstić information content (AvgIpc) is 2.65. The minimum Gasteiger partial charge on any atom is -0.437 e. The fourth-order valence-corrected chi connectivity index (χ4v) is 2.70. The molecule has 1 heterocycles. The SMILES string of the molecule is CC(C)(C)c1ccccc1Oc1ncccc1NC(=O)Nc1ccc(N)cc1. The fraction of sp³-hybridized carbons (Fsp3) is 0.182. The molecule has 0 saturated heterocycles. The molecule has 1 aromatic heterocycles. The summed E-state index contributed by atoms with van der Waals surface area (Å²) in [4.78, 5) is 16.6. The zero-order valence-corrected chi connectivity index (χ0v) is 16.2. The van der Waals surface area contributed by atoms with Gasteiger partial charge in [0.25, 0.3) is 0 Å². The number of rotatable bonds is 4. The van der Waals surface area contributed by atoms with E-state index in [9.17, 15) is 4.79 Å². The first-order chi connectivity index (χ1) is 13.3. The van der Waals surface area contributed by atoms with Crippen molar-refractivity contribution < 1.29 is 9.53 Å². The quantitative estimate of drug-likeness (QED) is 0.532. The smallest absolute Gasteiger partial charge is 0.323 e. The Morgan fingerprint density at radius 2 is 1.68 bits per heavy atom. The third-order valence-corrected chi connectivity index (χ3v) is 4.09. The maximum atomic E-state index is 12.4. The maximum absolute atomic E-state index is 12.4. The van der Waals surface area contributed by atoms with Gasteiger partial charge in [-0.05, 0) is 47.9 Å². The summed E-state index contributed by atoms with van der Waals surface area (Å²) in [6.45, 7) is 6.35. The van der Waals surface area contributed by atoms with Crippen LogP contribution in [0.4, 0.5) is 21.9 Å². The van der Waals surface area contributed by atoms with E-state index in [4.69, 9.17) is 10.5 Å². The summed E-state index contributed by atoms with van der Waals surface area (Å²) in [5, 5.41) is 5.54. The molecule has 28 heavy (non-hydrogen) atoms. The van der Waals surface area contributed by atoms with Gasteiger partial charge in [-0.15, -0.1) is 0 Å². The van der Waals surface area contributed by atoms with Gasteiger partial charge in [0.05, 0.1) is 0 Å².